The van der Waals surface area contributed by atoms with Gasteiger partial charge in [0.2, 0.25) is 5.89 Å². The van der Waals surface area contributed by atoms with Gasteiger partial charge in [-0.25, -0.2) is 0 Å². The fourth-order valence-electron chi connectivity index (χ4n) is 3.34. The molecule has 2 heterocycles. The Bertz CT molecular complexity index is 927. The molecular formula is C21H23N3O4. The van der Waals surface area contributed by atoms with Gasteiger partial charge in [-0.3, -0.25) is 4.90 Å². The molecule has 3 aromatic rings. The largest absolute Gasteiger partial charge is 0.493 e. The minimum absolute atomic E-state index is 0.261. The molecule has 0 amide bonds. The van der Waals surface area contributed by atoms with Crippen LogP contribution in [0.4, 0.5) is 0 Å². The number of nitrogens with zero attached hydrogens (tertiary/aromatic N) is 3. The molecule has 146 valence electrons. The predicted octanol–water partition coefficient (Wildman–Crippen LogP) is 3.22. The Kier molecular flexibility index (Phi) is 5.43. The maximum atomic E-state index is 5.74. The molecular weight excluding hydrogens is 358 g/mol. The zero-order valence-electron chi connectivity index (χ0n) is 16.1. The van der Waals surface area contributed by atoms with Crippen molar-refractivity contribution in [3.63, 3.8) is 0 Å². The number of benzene rings is 2. The fraction of sp³-hybridized carbons (Fsp3) is 0.333. The molecule has 0 saturated heterocycles. The molecule has 0 N–H and O–H groups in total. The van der Waals surface area contributed by atoms with E-state index in [2.05, 4.69) is 21.2 Å². The van der Waals surface area contributed by atoms with Crippen LogP contribution in [0.2, 0.25) is 0 Å². The topological polar surface area (TPSA) is 69.9 Å². The third-order valence-corrected chi connectivity index (χ3v) is 4.77. The van der Waals surface area contributed by atoms with Crippen LogP contribution in [-0.2, 0) is 26.1 Å². The molecule has 1 aliphatic rings. The van der Waals surface area contributed by atoms with Gasteiger partial charge in [-0.2, -0.15) is 0 Å². The van der Waals surface area contributed by atoms with Crippen LogP contribution < -0.4 is 14.2 Å². The molecule has 0 fully saturated rings. The van der Waals surface area contributed by atoms with Crippen LogP contribution in [0.5, 0.6) is 17.2 Å². The molecule has 1 aromatic heterocycles. The normalized spacial score (nSPS) is 13.8. The second-order valence-electron chi connectivity index (χ2n) is 6.63. The van der Waals surface area contributed by atoms with E-state index < -0.39 is 0 Å². The summed E-state index contributed by atoms with van der Waals surface area (Å²) in [5.74, 6) is 3.37. The van der Waals surface area contributed by atoms with Crippen LogP contribution in [0.3, 0.4) is 0 Å². The van der Waals surface area contributed by atoms with E-state index in [1.807, 2.05) is 36.4 Å². The quantitative estimate of drug-likeness (QED) is 0.622. The summed E-state index contributed by atoms with van der Waals surface area (Å²) in [4.78, 5) is 2.28. The van der Waals surface area contributed by atoms with Crippen LogP contribution in [0.1, 0.15) is 22.9 Å². The van der Waals surface area contributed by atoms with E-state index in [9.17, 15) is 0 Å². The van der Waals surface area contributed by atoms with E-state index >= 15 is 0 Å². The Morgan fingerprint density at radius 2 is 1.68 bits per heavy atom. The summed E-state index contributed by atoms with van der Waals surface area (Å²) >= 11 is 0. The SMILES string of the molecule is COc1cc2c(cc1OC)CN(Cc1nnc(COc3ccccc3)o1)CC2. The molecule has 28 heavy (non-hydrogen) atoms. The molecule has 0 unspecified atom stereocenters. The van der Waals surface area contributed by atoms with Gasteiger partial charge in [-0.05, 0) is 41.8 Å². The summed E-state index contributed by atoms with van der Waals surface area (Å²) in [6.07, 6.45) is 0.938. The summed E-state index contributed by atoms with van der Waals surface area (Å²) in [6, 6.07) is 13.7. The van der Waals surface area contributed by atoms with Gasteiger partial charge in [0.05, 0.1) is 20.8 Å². The molecule has 0 bridgehead atoms. The second-order valence-corrected chi connectivity index (χ2v) is 6.63. The number of methoxy groups -OCH3 is 2. The predicted molar refractivity (Wildman–Crippen MR) is 102 cm³/mol. The van der Waals surface area contributed by atoms with E-state index in [1.165, 1.54) is 11.1 Å². The second kappa shape index (κ2) is 8.31. The summed E-state index contributed by atoms with van der Waals surface area (Å²) in [5, 5.41) is 8.24. The Morgan fingerprint density at radius 1 is 0.964 bits per heavy atom. The first kappa shape index (κ1) is 18.3. The van der Waals surface area contributed by atoms with Gasteiger partial charge in [0.25, 0.3) is 5.89 Å². The molecule has 7 nitrogen and oxygen atoms in total. The van der Waals surface area contributed by atoms with E-state index in [-0.39, 0.29) is 6.61 Å². The summed E-state index contributed by atoms with van der Waals surface area (Å²) in [7, 11) is 3.32. The maximum Gasteiger partial charge on any atom is 0.253 e. The van der Waals surface area contributed by atoms with Gasteiger partial charge in [0.1, 0.15) is 5.75 Å². The zero-order chi connectivity index (χ0) is 19.3. The van der Waals surface area contributed by atoms with Gasteiger partial charge < -0.3 is 18.6 Å². The molecule has 7 heteroatoms. The molecule has 0 radical (unpaired) electrons. The first-order valence-corrected chi connectivity index (χ1v) is 9.20. The number of hydrogen-bond donors (Lipinski definition) is 0. The van der Waals surface area contributed by atoms with Crippen molar-refractivity contribution < 1.29 is 18.6 Å². The van der Waals surface area contributed by atoms with Crippen LogP contribution in [0, 0.1) is 0 Å². The highest BCUT2D eigenvalue weighted by Crippen LogP contribution is 2.33. The van der Waals surface area contributed by atoms with E-state index in [1.54, 1.807) is 14.2 Å². The molecule has 4 rings (SSSR count). The van der Waals surface area contributed by atoms with Crippen LogP contribution in [0.15, 0.2) is 46.9 Å². The standard InChI is InChI=1S/C21H23N3O4/c1-25-18-10-15-8-9-24(12-16(15)11-19(18)26-2)13-20-22-23-21(28-20)14-27-17-6-4-3-5-7-17/h3-7,10-11H,8-9,12-14H2,1-2H3. The van der Waals surface area contributed by atoms with Crippen molar-refractivity contribution in [3.05, 3.63) is 65.4 Å². The van der Waals surface area contributed by atoms with E-state index in [4.69, 9.17) is 18.6 Å². The van der Waals surface area contributed by atoms with Crippen molar-refractivity contribution in [2.24, 2.45) is 0 Å². The van der Waals surface area contributed by atoms with Crippen LogP contribution >= 0.6 is 0 Å². The average molecular weight is 381 g/mol. The first-order chi connectivity index (χ1) is 13.7. The van der Waals surface area contributed by atoms with Gasteiger partial charge in [-0.1, -0.05) is 18.2 Å². The highest BCUT2D eigenvalue weighted by atomic mass is 16.5. The number of hydrogen-bond acceptors (Lipinski definition) is 7. The lowest BCUT2D eigenvalue weighted by atomic mass is 9.99. The Balaban J connectivity index is 1.37. The first-order valence-electron chi connectivity index (χ1n) is 9.20. The Hall–Kier alpha value is -3.06. The maximum absolute atomic E-state index is 5.74. The molecule has 0 aliphatic carbocycles. The Morgan fingerprint density at radius 3 is 2.43 bits per heavy atom. The van der Waals surface area contributed by atoms with Gasteiger partial charge >= 0.3 is 0 Å². The van der Waals surface area contributed by atoms with Crippen molar-refractivity contribution in [1.29, 1.82) is 0 Å². The number of ether oxygens (including phenoxy) is 3. The van der Waals surface area contributed by atoms with Crippen molar-refractivity contribution in [3.8, 4) is 17.2 Å². The minimum atomic E-state index is 0.261. The number of rotatable bonds is 7. The van der Waals surface area contributed by atoms with Crippen molar-refractivity contribution in [1.82, 2.24) is 15.1 Å². The number of fused-ring (bicyclic) bond motifs is 1. The summed E-state index contributed by atoms with van der Waals surface area (Å²) in [5.41, 5.74) is 2.52. The van der Waals surface area contributed by atoms with Crippen molar-refractivity contribution in [2.75, 3.05) is 20.8 Å². The highest BCUT2D eigenvalue weighted by Gasteiger charge is 2.21. The van der Waals surface area contributed by atoms with Gasteiger partial charge in [0.15, 0.2) is 18.1 Å². The third-order valence-electron chi connectivity index (χ3n) is 4.77. The monoisotopic (exact) mass is 381 g/mol. The van der Waals surface area contributed by atoms with E-state index in [0.717, 1.165) is 36.8 Å². The fourth-order valence-corrected chi connectivity index (χ4v) is 3.34. The number of para-hydroxylation sites is 1. The third kappa shape index (κ3) is 4.09. The smallest absolute Gasteiger partial charge is 0.253 e. The molecule has 0 atom stereocenters. The molecule has 0 saturated carbocycles. The van der Waals surface area contributed by atoms with Gasteiger partial charge in [0, 0.05) is 13.1 Å². The average Bonchev–Trinajstić information content (AvgIpc) is 3.19. The highest BCUT2D eigenvalue weighted by molar-refractivity contribution is 5.48. The van der Waals surface area contributed by atoms with Gasteiger partial charge in [-0.15, -0.1) is 10.2 Å². The molecule has 2 aromatic carbocycles. The lowest BCUT2D eigenvalue weighted by Gasteiger charge is -2.28. The Labute approximate surface area is 163 Å². The molecule has 1 aliphatic heterocycles. The lowest BCUT2D eigenvalue weighted by molar-refractivity contribution is 0.209. The van der Waals surface area contributed by atoms with Crippen LogP contribution in [-0.4, -0.2) is 35.9 Å². The number of aromatic nitrogens is 2. The van der Waals surface area contributed by atoms with Crippen molar-refractivity contribution in [2.45, 2.75) is 26.1 Å². The van der Waals surface area contributed by atoms with Crippen molar-refractivity contribution >= 4 is 0 Å². The molecule has 0 spiro atoms. The van der Waals surface area contributed by atoms with Crippen LogP contribution in [0.25, 0.3) is 0 Å². The van der Waals surface area contributed by atoms with E-state index in [0.29, 0.717) is 18.3 Å². The lowest BCUT2D eigenvalue weighted by Crippen LogP contribution is -2.30. The minimum Gasteiger partial charge on any atom is -0.493 e. The zero-order valence-corrected chi connectivity index (χ0v) is 16.1. The summed E-state index contributed by atoms with van der Waals surface area (Å²) in [6.45, 7) is 2.58. The summed E-state index contributed by atoms with van der Waals surface area (Å²) < 4.78 is 22.2.